The van der Waals surface area contributed by atoms with Gasteiger partial charge < -0.3 is 9.64 Å². The molecule has 1 saturated heterocycles. The van der Waals surface area contributed by atoms with E-state index in [9.17, 15) is 17.6 Å². The summed E-state index contributed by atoms with van der Waals surface area (Å²) in [5, 5.41) is 0.582. The Morgan fingerprint density at radius 2 is 1.86 bits per heavy atom. The molecule has 1 fully saturated rings. The summed E-state index contributed by atoms with van der Waals surface area (Å²) in [6.45, 7) is 1.86. The van der Waals surface area contributed by atoms with E-state index >= 15 is 0 Å². The molecule has 0 unspecified atom stereocenters. The summed E-state index contributed by atoms with van der Waals surface area (Å²) in [5.74, 6) is -0.342. The summed E-state index contributed by atoms with van der Waals surface area (Å²) < 4.78 is 42.6. The minimum absolute atomic E-state index is 0.0599. The Hall–Kier alpha value is -2.12. The third-order valence-corrected chi connectivity index (χ3v) is 6.68. The number of hydrogen-bond acceptors (Lipinski definition) is 4. The van der Waals surface area contributed by atoms with Crippen molar-refractivity contribution in [2.45, 2.75) is 32.0 Å². The number of ether oxygens (including phenoxy) is 1. The molecular weight excluding hydrogens is 405 g/mol. The van der Waals surface area contributed by atoms with Crippen molar-refractivity contribution < 1.29 is 22.3 Å². The number of carbonyl (C=O) groups is 1. The van der Waals surface area contributed by atoms with E-state index in [0.717, 1.165) is 5.56 Å². The van der Waals surface area contributed by atoms with E-state index in [-0.39, 0.29) is 24.0 Å². The number of benzene rings is 2. The quantitative estimate of drug-likeness (QED) is 0.711. The largest absolute Gasteiger partial charge is 0.481 e. The monoisotopic (exact) mass is 425 g/mol. The Balaban J connectivity index is 1.79. The van der Waals surface area contributed by atoms with Gasteiger partial charge in [-0.05, 0) is 55.3 Å². The fourth-order valence-corrected chi connectivity index (χ4v) is 5.05. The highest BCUT2D eigenvalue weighted by Crippen LogP contribution is 2.23. The molecule has 0 saturated carbocycles. The van der Waals surface area contributed by atoms with Gasteiger partial charge in [-0.25, -0.2) is 12.8 Å². The Morgan fingerprint density at radius 3 is 2.43 bits per heavy atom. The maximum Gasteiger partial charge on any atom is 0.263 e. The summed E-state index contributed by atoms with van der Waals surface area (Å²) in [4.78, 5) is 14.6. The molecule has 1 aliphatic rings. The molecule has 1 amide bonds. The third-order valence-electron chi connectivity index (χ3n) is 4.67. The van der Waals surface area contributed by atoms with Crippen molar-refractivity contribution in [1.82, 2.24) is 4.90 Å². The summed E-state index contributed by atoms with van der Waals surface area (Å²) in [6.07, 6.45) is -0.452. The minimum Gasteiger partial charge on any atom is -0.481 e. The molecule has 2 aromatic carbocycles. The van der Waals surface area contributed by atoms with Crippen molar-refractivity contribution >= 4 is 27.3 Å². The highest BCUT2D eigenvalue weighted by molar-refractivity contribution is 7.91. The van der Waals surface area contributed by atoms with Crippen LogP contribution >= 0.6 is 11.6 Å². The molecule has 2 aromatic rings. The van der Waals surface area contributed by atoms with E-state index in [4.69, 9.17) is 16.3 Å². The van der Waals surface area contributed by atoms with Crippen molar-refractivity contribution in [2.75, 3.05) is 11.5 Å². The van der Waals surface area contributed by atoms with E-state index in [2.05, 4.69) is 0 Å². The summed E-state index contributed by atoms with van der Waals surface area (Å²) in [5.41, 5.74) is 0.844. The number of sulfone groups is 1. The van der Waals surface area contributed by atoms with Gasteiger partial charge in [0.15, 0.2) is 15.9 Å². The highest BCUT2D eigenvalue weighted by atomic mass is 35.5. The van der Waals surface area contributed by atoms with E-state index in [0.29, 0.717) is 17.2 Å². The van der Waals surface area contributed by atoms with Gasteiger partial charge in [-0.15, -0.1) is 0 Å². The van der Waals surface area contributed by atoms with Gasteiger partial charge in [0, 0.05) is 17.6 Å². The SMILES string of the molecule is C[C@@H](Oc1ccc(F)cc1)C(=O)N(Cc1ccc(Cl)cc1)[C@@H]1CCS(=O)(=O)C1. The van der Waals surface area contributed by atoms with Gasteiger partial charge in [0.05, 0.1) is 11.5 Å². The molecule has 150 valence electrons. The van der Waals surface area contributed by atoms with E-state index in [1.807, 2.05) is 0 Å². The standard InChI is InChI=1S/C20H21ClFNO4S/c1-14(27-19-8-6-17(22)7-9-19)20(24)23(18-10-11-28(25,26)13-18)12-15-2-4-16(21)5-3-15/h2-9,14,18H,10-13H2,1H3/t14-,18-/m1/s1. The average Bonchev–Trinajstić information content (AvgIpc) is 3.02. The molecule has 8 heteroatoms. The molecule has 28 heavy (non-hydrogen) atoms. The summed E-state index contributed by atoms with van der Waals surface area (Å²) in [6, 6.07) is 12.0. The molecule has 1 aliphatic heterocycles. The fraction of sp³-hybridized carbons (Fsp3) is 0.350. The first-order valence-corrected chi connectivity index (χ1v) is 11.1. The van der Waals surface area contributed by atoms with Crippen LogP contribution in [0.4, 0.5) is 4.39 Å². The maximum absolute atomic E-state index is 13.1. The molecule has 0 N–H and O–H groups in total. The fourth-order valence-electron chi connectivity index (χ4n) is 3.20. The number of hydrogen-bond donors (Lipinski definition) is 0. The van der Waals surface area contributed by atoms with Crippen LogP contribution in [-0.2, 0) is 21.2 Å². The van der Waals surface area contributed by atoms with Crippen LogP contribution in [0.2, 0.25) is 5.02 Å². The van der Waals surface area contributed by atoms with Crippen LogP contribution in [-0.4, -0.2) is 42.9 Å². The van der Waals surface area contributed by atoms with Crippen molar-refractivity contribution in [1.29, 1.82) is 0 Å². The van der Waals surface area contributed by atoms with Gasteiger partial charge in [-0.2, -0.15) is 0 Å². The average molecular weight is 426 g/mol. The number of halogens is 2. The zero-order valence-corrected chi connectivity index (χ0v) is 16.9. The number of rotatable bonds is 6. The third kappa shape index (κ3) is 5.23. The van der Waals surface area contributed by atoms with E-state index < -0.39 is 27.8 Å². The van der Waals surface area contributed by atoms with Gasteiger partial charge >= 0.3 is 0 Å². The zero-order chi connectivity index (χ0) is 20.3. The lowest BCUT2D eigenvalue weighted by molar-refractivity contribution is -0.140. The lowest BCUT2D eigenvalue weighted by Crippen LogP contribution is -2.46. The normalized spacial score (nSPS) is 19.2. The van der Waals surface area contributed by atoms with Gasteiger partial charge in [-0.1, -0.05) is 23.7 Å². The predicted molar refractivity (Wildman–Crippen MR) is 106 cm³/mol. The van der Waals surface area contributed by atoms with Gasteiger partial charge in [0.1, 0.15) is 11.6 Å². The molecule has 0 bridgehead atoms. The molecule has 0 aliphatic carbocycles. The Kier molecular flexibility index (Phi) is 6.25. The van der Waals surface area contributed by atoms with Crippen LogP contribution in [0, 0.1) is 5.82 Å². The van der Waals surface area contributed by atoms with Gasteiger partial charge in [0.25, 0.3) is 5.91 Å². The van der Waals surface area contributed by atoms with E-state index in [1.54, 1.807) is 36.1 Å². The molecule has 0 aromatic heterocycles. The maximum atomic E-state index is 13.1. The highest BCUT2D eigenvalue weighted by Gasteiger charge is 2.36. The molecule has 5 nitrogen and oxygen atoms in total. The molecule has 0 radical (unpaired) electrons. The van der Waals surface area contributed by atoms with Crippen LogP contribution in [0.3, 0.4) is 0 Å². The van der Waals surface area contributed by atoms with Crippen LogP contribution in [0.5, 0.6) is 5.75 Å². The van der Waals surface area contributed by atoms with Crippen molar-refractivity contribution in [3.05, 3.63) is 64.9 Å². The Bertz CT molecular complexity index is 932. The Labute approximate surface area is 169 Å². The van der Waals surface area contributed by atoms with Crippen LogP contribution < -0.4 is 4.74 Å². The smallest absolute Gasteiger partial charge is 0.263 e. The molecule has 3 rings (SSSR count). The van der Waals surface area contributed by atoms with Crippen molar-refractivity contribution in [3.8, 4) is 5.75 Å². The van der Waals surface area contributed by atoms with Crippen LogP contribution in [0.1, 0.15) is 18.9 Å². The van der Waals surface area contributed by atoms with Gasteiger partial charge in [-0.3, -0.25) is 4.79 Å². The first-order valence-electron chi connectivity index (χ1n) is 8.91. The second-order valence-electron chi connectivity index (χ2n) is 6.86. The lowest BCUT2D eigenvalue weighted by atomic mass is 10.1. The van der Waals surface area contributed by atoms with E-state index in [1.165, 1.54) is 24.3 Å². The first-order chi connectivity index (χ1) is 13.2. The molecule has 0 spiro atoms. The summed E-state index contributed by atoms with van der Waals surface area (Å²) >= 11 is 5.92. The van der Waals surface area contributed by atoms with Crippen molar-refractivity contribution in [3.63, 3.8) is 0 Å². The minimum atomic E-state index is -3.16. The topological polar surface area (TPSA) is 63.7 Å². The Morgan fingerprint density at radius 1 is 1.21 bits per heavy atom. The van der Waals surface area contributed by atoms with Crippen LogP contribution in [0.25, 0.3) is 0 Å². The number of carbonyl (C=O) groups excluding carboxylic acids is 1. The van der Waals surface area contributed by atoms with Crippen LogP contribution in [0.15, 0.2) is 48.5 Å². The zero-order valence-electron chi connectivity index (χ0n) is 15.3. The summed E-state index contributed by atoms with van der Waals surface area (Å²) in [7, 11) is -3.16. The molecular formula is C20H21ClFNO4S. The molecule has 2 atom stereocenters. The second kappa shape index (κ2) is 8.49. The second-order valence-corrected chi connectivity index (χ2v) is 9.53. The van der Waals surface area contributed by atoms with Crippen molar-refractivity contribution in [2.24, 2.45) is 0 Å². The first kappa shape index (κ1) is 20.6. The number of nitrogens with zero attached hydrogens (tertiary/aromatic N) is 1. The lowest BCUT2D eigenvalue weighted by Gasteiger charge is -2.31. The molecule has 1 heterocycles. The van der Waals surface area contributed by atoms with Gasteiger partial charge in [0.2, 0.25) is 0 Å². The number of amides is 1. The predicted octanol–water partition coefficient (Wildman–Crippen LogP) is 3.46.